The summed E-state index contributed by atoms with van der Waals surface area (Å²) in [5.41, 5.74) is 0.966. The van der Waals surface area contributed by atoms with Gasteiger partial charge in [0.1, 0.15) is 12.5 Å². The van der Waals surface area contributed by atoms with E-state index in [-0.39, 0.29) is 5.97 Å². The number of carbonyl (C=O) groups excluding carboxylic acids is 2. The molecule has 0 spiro atoms. The first kappa shape index (κ1) is 38.6. The molecule has 1 heterocycles. The first-order valence-electron chi connectivity index (χ1n) is 17.2. The van der Waals surface area contributed by atoms with Gasteiger partial charge in [0.2, 0.25) is 0 Å². The summed E-state index contributed by atoms with van der Waals surface area (Å²) in [7, 11) is 0. The van der Waals surface area contributed by atoms with Crippen molar-refractivity contribution in [2.24, 2.45) is 5.92 Å². The predicted octanol–water partition coefficient (Wildman–Crippen LogP) is 8.91. The molecule has 42 heavy (non-hydrogen) atoms. The number of carbonyl (C=O) groups is 2. The normalized spacial score (nSPS) is 11.5. The average Bonchev–Trinajstić information content (AvgIpc) is 3.52. The Morgan fingerprint density at radius 3 is 2.19 bits per heavy atom. The molecule has 0 bridgehead atoms. The van der Waals surface area contributed by atoms with Crippen molar-refractivity contribution in [3.05, 3.63) is 18.0 Å². The van der Waals surface area contributed by atoms with Gasteiger partial charge in [-0.05, 0) is 64.1 Å². The Kier molecular flexibility index (Phi) is 27.3. The number of ether oxygens (including phenoxy) is 1. The van der Waals surface area contributed by atoms with Crippen molar-refractivity contribution in [1.82, 2.24) is 14.8 Å². The van der Waals surface area contributed by atoms with Gasteiger partial charge in [0, 0.05) is 25.5 Å². The van der Waals surface area contributed by atoms with Crippen LogP contribution in [0.5, 0.6) is 0 Å². The third kappa shape index (κ3) is 24.1. The van der Waals surface area contributed by atoms with Gasteiger partial charge in [0.15, 0.2) is 0 Å². The summed E-state index contributed by atoms with van der Waals surface area (Å²) in [5.74, 6) is 1.52. The van der Waals surface area contributed by atoms with Gasteiger partial charge in [-0.15, -0.1) is 0 Å². The van der Waals surface area contributed by atoms with Crippen LogP contribution in [0.2, 0.25) is 0 Å². The van der Waals surface area contributed by atoms with Gasteiger partial charge in [0.05, 0.1) is 18.1 Å². The van der Waals surface area contributed by atoms with Crippen molar-refractivity contribution in [2.45, 2.75) is 148 Å². The number of unbranched alkanes of at least 4 members (excludes halogenated alkanes) is 11. The van der Waals surface area contributed by atoms with Gasteiger partial charge in [-0.1, -0.05) is 108 Å². The summed E-state index contributed by atoms with van der Waals surface area (Å²) in [4.78, 5) is 25.3. The van der Waals surface area contributed by atoms with Crippen LogP contribution in [0.1, 0.15) is 148 Å². The second kappa shape index (κ2) is 29.7. The van der Waals surface area contributed by atoms with Crippen LogP contribution >= 0.6 is 11.9 Å². The SMILES string of the molecule is CCCCC(CCCC)CCOC(=O)CCCCCCCN(CCCCCCCC=O)CCCNSCc1ccon1. The van der Waals surface area contributed by atoms with Crippen LogP contribution in [0, 0.1) is 5.92 Å². The lowest BCUT2D eigenvalue weighted by Crippen LogP contribution is -2.29. The summed E-state index contributed by atoms with van der Waals surface area (Å²) in [6.07, 6.45) is 25.2. The van der Waals surface area contributed by atoms with Crippen molar-refractivity contribution in [1.29, 1.82) is 0 Å². The van der Waals surface area contributed by atoms with Crippen LogP contribution in [0.15, 0.2) is 16.9 Å². The molecule has 0 saturated carbocycles. The van der Waals surface area contributed by atoms with E-state index in [1.165, 1.54) is 77.0 Å². The summed E-state index contributed by atoms with van der Waals surface area (Å²) < 4.78 is 13.9. The molecule has 1 rings (SSSR count). The third-order valence-corrected chi connectivity index (χ3v) is 8.79. The zero-order chi connectivity index (χ0) is 30.4. The fourth-order valence-corrected chi connectivity index (χ4v) is 5.97. The maximum atomic E-state index is 12.2. The highest BCUT2D eigenvalue weighted by molar-refractivity contribution is 7.96. The summed E-state index contributed by atoms with van der Waals surface area (Å²) in [6.45, 7) is 9.50. The van der Waals surface area contributed by atoms with E-state index in [1.54, 1.807) is 18.2 Å². The van der Waals surface area contributed by atoms with Crippen molar-refractivity contribution >= 4 is 24.2 Å². The number of esters is 1. The van der Waals surface area contributed by atoms with Crippen LogP contribution in [-0.2, 0) is 20.1 Å². The van der Waals surface area contributed by atoms with E-state index in [0.29, 0.717) is 25.4 Å². The van der Waals surface area contributed by atoms with Crippen molar-refractivity contribution in [2.75, 3.05) is 32.8 Å². The number of hydrogen-bond donors (Lipinski definition) is 1. The maximum Gasteiger partial charge on any atom is 0.305 e. The van der Waals surface area contributed by atoms with E-state index in [9.17, 15) is 9.59 Å². The molecule has 1 aromatic rings. The fourth-order valence-electron chi connectivity index (χ4n) is 5.28. The zero-order valence-electron chi connectivity index (χ0n) is 27.1. The topological polar surface area (TPSA) is 84.7 Å². The van der Waals surface area contributed by atoms with Crippen LogP contribution < -0.4 is 4.72 Å². The Balaban J connectivity index is 2.15. The Hall–Kier alpha value is -1.38. The Bertz CT molecular complexity index is 712. The molecule has 0 atom stereocenters. The van der Waals surface area contributed by atoms with Gasteiger partial charge < -0.3 is 19.0 Å². The molecule has 1 N–H and O–H groups in total. The lowest BCUT2D eigenvalue weighted by atomic mass is 9.93. The summed E-state index contributed by atoms with van der Waals surface area (Å²) in [5, 5.41) is 3.95. The number of nitrogens with one attached hydrogen (secondary N) is 1. The number of nitrogens with zero attached hydrogens (tertiary/aromatic N) is 2. The zero-order valence-corrected chi connectivity index (χ0v) is 27.9. The molecule has 0 amide bonds. The summed E-state index contributed by atoms with van der Waals surface area (Å²) >= 11 is 1.69. The van der Waals surface area contributed by atoms with E-state index in [2.05, 4.69) is 28.6 Å². The smallest absolute Gasteiger partial charge is 0.305 e. The Morgan fingerprint density at radius 2 is 1.55 bits per heavy atom. The average molecular weight is 610 g/mol. The van der Waals surface area contributed by atoms with Crippen LogP contribution in [0.3, 0.4) is 0 Å². The third-order valence-electron chi connectivity index (χ3n) is 7.94. The number of hydrogen-bond acceptors (Lipinski definition) is 8. The van der Waals surface area contributed by atoms with E-state index in [1.807, 2.05) is 6.07 Å². The minimum Gasteiger partial charge on any atom is -0.466 e. The van der Waals surface area contributed by atoms with Gasteiger partial charge >= 0.3 is 5.97 Å². The molecule has 7 nitrogen and oxygen atoms in total. The predicted molar refractivity (Wildman–Crippen MR) is 176 cm³/mol. The van der Waals surface area contributed by atoms with Crippen molar-refractivity contribution < 1.29 is 18.8 Å². The van der Waals surface area contributed by atoms with Crippen LogP contribution in [0.25, 0.3) is 0 Å². The standard InChI is InChI=1S/C34H63N3O4S/c1-3-5-19-32(20-6-4-2)22-29-40-34(39)21-14-10-9-12-16-26-37(25-15-11-7-8-13-17-28-38)27-18-24-35-42-31-33-23-30-41-36-33/h23,28,30,32,35H,3-22,24-27,29,31H2,1-2H3. The minimum absolute atomic E-state index is 0.00938. The molecule has 0 aromatic carbocycles. The molecule has 8 heteroatoms. The highest BCUT2D eigenvalue weighted by atomic mass is 32.2. The quantitative estimate of drug-likeness (QED) is 0.0375. The van der Waals surface area contributed by atoms with E-state index >= 15 is 0 Å². The fraction of sp³-hybridized carbons (Fsp3) is 0.853. The first-order valence-corrected chi connectivity index (χ1v) is 18.2. The first-order chi connectivity index (χ1) is 20.7. The van der Waals surface area contributed by atoms with Crippen LogP contribution in [0.4, 0.5) is 0 Å². The molecular weight excluding hydrogens is 546 g/mol. The molecule has 0 aliphatic carbocycles. The highest BCUT2D eigenvalue weighted by Gasteiger charge is 2.10. The summed E-state index contributed by atoms with van der Waals surface area (Å²) in [6, 6.07) is 1.90. The van der Waals surface area contributed by atoms with Crippen LogP contribution in [-0.4, -0.2) is 55.1 Å². The molecule has 0 saturated heterocycles. The molecule has 0 aliphatic rings. The molecule has 0 fully saturated rings. The monoisotopic (exact) mass is 609 g/mol. The molecule has 0 unspecified atom stereocenters. The number of aromatic nitrogens is 1. The van der Waals surface area contributed by atoms with Gasteiger partial charge in [-0.3, -0.25) is 9.52 Å². The number of aldehydes is 1. The van der Waals surface area contributed by atoms with Crippen molar-refractivity contribution in [3.8, 4) is 0 Å². The molecule has 0 aliphatic heterocycles. The second-order valence-electron chi connectivity index (χ2n) is 11.8. The van der Waals surface area contributed by atoms with Crippen molar-refractivity contribution in [3.63, 3.8) is 0 Å². The van der Waals surface area contributed by atoms with Gasteiger partial charge in [-0.2, -0.15) is 0 Å². The number of rotatable bonds is 32. The molecule has 0 radical (unpaired) electrons. The highest BCUT2D eigenvalue weighted by Crippen LogP contribution is 2.20. The Morgan fingerprint density at radius 1 is 0.905 bits per heavy atom. The van der Waals surface area contributed by atoms with E-state index < -0.39 is 0 Å². The minimum atomic E-state index is -0.00938. The molecule has 1 aromatic heterocycles. The van der Waals surface area contributed by atoms with E-state index in [0.717, 1.165) is 82.4 Å². The maximum absolute atomic E-state index is 12.2. The second-order valence-corrected chi connectivity index (χ2v) is 12.6. The van der Waals surface area contributed by atoms with E-state index in [4.69, 9.17) is 9.26 Å². The largest absolute Gasteiger partial charge is 0.466 e. The lowest BCUT2D eigenvalue weighted by Gasteiger charge is -2.22. The Labute approximate surface area is 262 Å². The lowest BCUT2D eigenvalue weighted by molar-refractivity contribution is -0.144. The molecule has 244 valence electrons. The molecular formula is C34H63N3O4S. The van der Waals surface area contributed by atoms with Gasteiger partial charge in [-0.25, -0.2) is 0 Å². The van der Waals surface area contributed by atoms with Gasteiger partial charge in [0.25, 0.3) is 0 Å².